The monoisotopic (exact) mass is 309 g/mol. The van der Waals surface area contributed by atoms with E-state index in [-0.39, 0.29) is 11.6 Å². The molecule has 0 aliphatic rings. The van der Waals surface area contributed by atoms with E-state index in [0.29, 0.717) is 0 Å². The van der Waals surface area contributed by atoms with Crippen molar-refractivity contribution >= 4 is 16.5 Å². The van der Waals surface area contributed by atoms with E-state index < -0.39 is 16.5 Å². The van der Waals surface area contributed by atoms with Gasteiger partial charge in [0.15, 0.2) is 0 Å². The molecule has 0 amide bonds. The molecule has 1 aromatic heterocycles. The highest BCUT2D eigenvalue weighted by molar-refractivity contribution is 6.75. The van der Waals surface area contributed by atoms with E-state index in [0.717, 1.165) is 5.69 Å². The second-order valence-corrected chi connectivity index (χ2v) is 17.7. The largest absolute Gasteiger partial charge is 0.323 e. The van der Waals surface area contributed by atoms with Crippen LogP contribution in [0.5, 0.6) is 0 Å². The summed E-state index contributed by atoms with van der Waals surface area (Å²) in [6, 6.07) is 6.18. The molecule has 1 aromatic rings. The second kappa shape index (κ2) is 6.09. The first-order valence-electron chi connectivity index (χ1n) is 7.39. The predicted octanol–water partition coefficient (Wildman–Crippen LogP) is 3.53. The van der Waals surface area contributed by atoms with Gasteiger partial charge in [-0.15, -0.1) is 0 Å². The van der Waals surface area contributed by atoms with Crippen molar-refractivity contribution in [2.45, 2.75) is 64.7 Å². The van der Waals surface area contributed by atoms with Gasteiger partial charge in [-0.2, -0.15) is 0 Å². The van der Waals surface area contributed by atoms with Gasteiger partial charge >= 0.3 is 0 Å². The average molecular weight is 310 g/mol. The van der Waals surface area contributed by atoms with E-state index in [2.05, 4.69) is 80.2 Å². The van der Waals surface area contributed by atoms with Crippen LogP contribution in [0.2, 0.25) is 39.3 Å². The summed E-state index contributed by atoms with van der Waals surface area (Å²) in [7, 11) is -2.76. The van der Waals surface area contributed by atoms with Crippen LogP contribution in [0.15, 0.2) is 24.4 Å². The molecule has 0 fully saturated rings. The maximum absolute atomic E-state index is 4.58. The van der Waals surface area contributed by atoms with Crippen molar-refractivity contribution in [2.75, 3.05) is 0 Å². The number of rotatable bonds is 6. The van der Waals surface area contributed by atoms with Gasteiger partial charge in [-0.3, -0.25) is 4.98 Å². The Hall–Kier alpha value is -0.496. The fourth-order valence-electron chi connectivity index (χ4n) is 2.15. The molecule has 1 rings (SSSR count). The molecule has 0 aromatic carbocycles. The average Bonchev–Trinajstić information content (AvgIpc) is 2.25. The Morgan fingerprint density at radius 3 is 1.80 bits per heavy atom. The van der Waals surface area contributed by atoms with Gasteiger partial charge < -0.3 is 9.96 Å². The fraction of sp³-hybridized carbons (Fsp3) is 0.667. The zero-order valence-corrected chi connectivity index (χ0v) is 16.3. The van der Waals surface area contributed by atoms with E-state index in [4.69, 9.17) is 0 Å². The van der Waals surface area contributed by atoms with Gasteiger partial charge in [-0.1, -0.05) is 59.2 Å². The van der Waals surface area contributed by atoms with E-state index in [1.807, 2.05) is 12.3 Å². The molecule has 5 heteroatoms. The molecule has 1 heterocycles. The molecule has 114 valence electrons. The molecule has 0 aliphatic heterocycles. The Morgan fingerprint density at radius 1 is 0.950 bits per heavy atom. The molecule has 0 spiro atoms. The number of hydrogen-bond acceptors (Lipinski definition) is 3. The quantitative estimate of drug-likeness (QED) is 0.623. The molecule has 3 nitrogen and oxygen atoms in total. The van der Waals surface area contributed by atoms with Gasteiger partial charge in [0.05, 0.1) is 6.17 Å². The van der Waals surface area contributed by atoms with Gasteiger partial charge in [0.1, 0.15) is 16.5 Å². The summed E-state index contributed by atoms with van der Waals surface area (Å²) in [5, 5.41) is 0. The normalized spacial score (nSPS) is 13.8. The van der Waals surface area contributed by atoms with Crippen LogP contribution in [0.25, 0.3) is 0 Å². The summed E-state index contributed by atoms with van der Waals surface area (Å²) in [6.45, 7) is 18.6. The number of pyridine rings is 1. The highest BCUT2D eigenvalue weighted by atomic mass is 28.3. The molecule has 0 saturated carbocycles. The van der Waals surface area contributed by atoms with Crippen LogP contribution in [0.4, 0.5) is 0 Å². The van der Waals surface area contributed by atoms with Crippen molar-refractivity contribution in [2.24, 2.45) is 0 Å². The maximum Gasteiger partial charge on any atom is 0.117 e. The van der Waals surface area contributed by atoms with E-state index >= 15 is 0 Å². The highest BCUT2D eigenvalue weighted by Crippen LogP contribution is 2.26. The molecule has 0 unspecified atom stereocenters. The van der Waals surface area contributed by atoms with Crippen molar-refractivity contribution in [3.8, 4) is 0 Å². The minimum Gasteiger partial charge on any atom is -0.323 e. The topological polar surface area (TPSA) is 37.0 Å². The summed E-state index contributed by atoms with van der Waals surface area (Å²) in [4.78, 5) is 12.3. The van der Waals surface area contributed by atoms with E-state index in [1.165, 1.54) is 0 Å². The Bertz CT molecular complexity index is 403. The summed E-state index contributed by atoms with van der Waals surface area (Å²) < 4.78 is 0. The number of nitrogens with one attached hydrogen (secondary N) is 2. The minimum atomic E-state index is -1.38. The van der Waals surface area contributed by atoms with Crippen molar-refractivity contribution in [1.82, 2.24) is 14.9 Å². The van der Waals surface area contributed by atoms with Crippen LogP contribution >= 0.6 is 0 Å². The van der Waals surface area contributed by atoms with Crippen molar-refractivity contribution in [1.29, 1.82) is 0 Å². The van der Waals surface area contributed by atoms with Crippen LogP contribution in [0.3, 0.4) is 0 Å². The lowest BCUT2D eigenvalue weighted by atomic mass is 9.86. The minimum absolute atomic E-state index is 0.0399. The molecular weight excluding hydrogens is 278 g/mol. The first-order chi connectivity index (χ1) is 8.92. The molecule has 0 bridgehead atoms. The number of aromatic nitrogens is 1. The van der Waals surface area contributed by atoms with Gasteiger partial charge in [-0.25, -0.2) is 0 Å². The van der Waals surface area contributed by atoms with Crippen LogP contribution in [0.1, 0.15) is 19.5 Å². The Kier molecular flexibility index (Phi) is 5.35. The smallest absolute Gasteiger partial charge is 0.117 e. The lowest BCUT2D eigenvalue weighted by Gasteiger charge is -2.42. The Labute approximate surface area is 126 Å². The third-order valence-electron chi connectivity index (χ3n) is 3.20. The predicted molar refractivity (Wildman–Crippen MR) is 94.0 cm³/mol. The molecule has 0 atom stereocenters. The summed E-state index contributed by atoms with van der Waals surface area (Å²) in [5.74, 6) is 0. The van der Waals surface area contributed by atoms with Crippen LogP contribution < -0.4 is 9.96 Å². The van der Waals surface area contributed by atoms with Gasteiger partial charge in [-0.05, 0) is 12.1 Å². The first kappa shape index (κ1) is 17.6. The molecule has 0 aliphatic carbocycles. The lowest BCUT2D eigenvalue weighted by Crippen LogP contribution is -2.66. The maximum atomic E-state index is 4.58. The lowest BCUT2D eigenvalue weighted by molar-refractivity contribution is 0.351. The summed E-state index contributed by atoms with van der Waals surface area (Å²) >= 11 is 0. The third kappa shape index (κ3) is 5.48. The van der Waals surface area contributed by atoms with Gasteiger partial charge in [0.2, 0.25) is 0 Å². The fourth-order valence-corrected chi connectivity index (χ4v) is 4.90. The van der Waals surface area contributed by atoms with E-state index in [1.54, 1.807) is 0 Å². The summed E-state index contributed by atoms with van der Waals surface area (Å²) in [5.41, 5.74) is 1.10. The molecule has 2 N–H and O–H groups in total. The molecular formula is C15H31N3Si2. The van der Waals surface area contributed by atoms with E-state index in [9.17, 15) is 0 Å². The van der Waals surface area contributed by atoms with Crippen LogP contribution in [-0.2, 0) is 5.41 Å². The zero-order valence-electron chi connectivity index (χ0n) is 14.3. The Morgan fingerprint density at radius 2 is 1.45 bits per heavy atom. The number of nitrogens with zero attached hydrogens (tertiary/aromatic N) is 1. The van der Waals surface area contributed by atoms with Gasteiger partial charge in [0, 0.05) is 17.3 Å². The standard InChI is InChI=1S/C15H31N3Si2/c1-15(2,13-11-9-10-12-16-13)14(17-19(3,4)5)18-20(6,7)8/h9-12,14,17-18H,1-8H3. The first-order valence-corrected chi connectivity index (χ1v) is 14.4. The molecule has 0 radical (unpaired) electrons. The SMILES string of the molecule is CC(C)(c1ccccn1)C(N[Si](C)(C)C)N[Si](C)(C)C. The van der Waals surface area contributed by atoms with Crippen molar-refractivity contribution in [3.63, 3.8) is 0 Å². The zero-order chi connectivity index (χ0) is 15.6. The highest BCUT2D eigenvalue weighted by Gasteiger charge is 2.37. The van der Waals surface area contributed by atoms with Gasteiger partial charge in [0.25, 0.3) is 0 Å². The molecule has 20 heavy (non-hydrogen) atoms. The van der Waals surface area contributed by atoms with Crippen LogP contribution in [0, 0.1) is 0 Å². The molecule has 0 saturated heterocycles. The summed E-state index contributed by atoms with van der Waals surface area (Å²) in [6.07, 6.45) is 2.15. The van der Waals surface area contributed by atoms with Crippen molar-refractivity contribution in [3.05, 3.63) is 30.1 Å². The van der Waals surface area contributed by atoms with Crippen molar-refractivity contribution < 1.29 is 0 Å². The number of hydrogen-bond donors (Lipinski definition) is 2. The van der Waals surface area contributed by atoms with Crippen LogP contribution in [-0.4, -0.2) is 27.6 Å². The third-order valence-corrected chi connectivity index (χ3v) is 5.51. The second-order valence-electron chi connectivity index (χ2n) is 8.16. The Balaban J connectivity index is 3.08.